The summed E-state index contributed by atoms with van der Waals surface area (Å²) in [5.74, 6) is 0.161. The number of halogens is 1. The van der Waals surface area contributed by atoms with Crippen LogP contribution in [0.25, 0.3) is 11.4 Å². The minimum Gasteiger partial charge on any atom is -0.507 e. The lowest BCUT2D eigenvalue weighted by Crippen LogP contribution is -2.04. The molecule has 22 heavy (non-hydrogen) atoms. The van der Waals surface area contributed by atoms with Gasteiger partial charge in [0, 0.05) is 22.4 Å². The van der Waals surface area contributed by atoms with E-state index in [0.29, 0.717) is 11.4 Å². The van der Waals surface area contributed by atoms with Crippen molar-refractivity contribution in [3.63, 3.8) is 0 Å². The van der Waals surface area contributed by atoms with E-state index in [1.165, 1.54) is 18.5 Å². The van der Waals surface area contributed by atoms with Crippen LogP contribution in [0.5, 0.6) is 5.75 Å². The average molecular weight is 355 g/mol. The lowest BCUT2D eigenvalue weighted by Gasteiger charge is -2.05. The van der Waals surface area contributed by atoms with Gasteiger partial charge in [0.15, 0.2) is 11.6 Å². The van der Waals surface area contributed by atoms with Crippen LogP contribution in [0.3, 0.4) is 0 Å². The number of carbonyl (C=O) groups excluding carboxylic acids is 1. The fraction of sp³-hybridized carbons (Fsp3) is 0. The maximum atomic E-state index is 12.4. The number of hydrogen-bond donors (Lipinski definition) is 1. The first-order valence-corrected chi connectivity index (χ1v) is 7.35. The molecule has 4 nitrogen and oxygen atoms in total. The van der Waals surface area contributed by atoms with E-state index in [0.717, 1.165) is 10.0 Å². The van der Waals surface area contributed by atoms with Crippen molar-refractivity contribution in [1.82, 2.24) is 9.97 Å². The first-order chi connectivity index (χ1) is 10.6. The van der Waals surface area contributed by atoms with Crippen molar-refractivity contribution in [2.45, 2.75) is 0 Å². The standard InChI is InChI=1S/C17H11BrN2O2/c18-13-6-7-15(21)14(8-13)16(22)12-9-19-17(20-10-12)11-4-2-1-3-5-11/h1-10,21H. The quantitative estimate of drug-likeness (QED) is 0.725. The van der Waals surface area contributed by atoms with Gasteiger partial charge in [0.25, 0.3) is 0 Å². The van der Waals surface area contributed by atoms with E-state index >= 15 is 0 Å². The van der Waals surface area contributed by atoms with E-state index in [9.17, 15) is 9.90 Å². The van der Waals surface area contributed by atoms with Crippen LogP contribution in [-0.2, 0) is 0 Å². The summed E-state index contributed by atoms with van der Waals surface area (Å²) in [5, 5.41) is 9.82. The smallest absolute Gasteiger partial charge is 0.199 e. The second-order valence-corrected chi connectivity index (χ2v) is 5.57. The van der Waals surface area contributed by atoms with E-state index in [1.54, 1.807) is 12.1 Å². The maximum Gasteiger partial charge on any atom is 0.199 e. The largest absolute Gasteiger partial charge is 0.507 e. The van der Waals surface area contributed by atoms with Gasteiger partial charge in [-0.3, -0.25) is 4.79 Å². The third kappa shape index (κ3) is 2.89. The molecule has 0 radical (unpaired) electrons. The Morgan fingerprint density at radius 2 is 1.68 bits per heavy atom. The van der Waals surface area contributed by atoms with Crippen LogP contribution in [0, 0.1) is 0 Å². The molecule has 0 atom stereocenters. The van der Waals surface area contributed by atoms with Gasteiger partial charge in [-0.25, -0.2) is 9.97 Å². The van der Waals surface area contributed by atoms with E-state index in [4.69, 9.17) is 0 Å². The topological polar surface area (TPSA) is 63.1 Å². The molecule has 0 saturated carbocycles. The summed E-state index contributed by atoms with van der Waals surface area (Å²) in [6.07, 6.45) is 2.94. The van der Waals surface area contributed by atoms with Gasteiger partial charge in [0.05, 0.1) is 11.1 Å². The summed E-state index contributed by atoms with van der Waals surface area (Å²) in [4.78, 5) is 20.9. The van der Waals surface area contributed by atoms with Crippen molar-refractivity contribution in [3.8, 4) is 17.1 Å². The van der Waals surface area contributed by atoms with Crippen molar-refractivity contribution in [2.75, 3.05) is 0 Å². The second kappa shape index (κ2) is 6.07. The molecule has 0 unspecified atom stereocenters. The molecule has 0 aliphatic heterocycles. The number of benzene rings is 2. The van der Waals surface area contributed by atoms with Crippen molar-refractivity contribution < 1.29 is 9.90 Å². The molecule has 0 fully saturated rings. The molecule has 1 aromatic heterocycles. The summed E-state index contributed by atoms with van der Waals surface area (Å²) in [7, 11) is 0. The van der Waals surface area contributed by atoms with Crippen LogP contribution < -0.4 is 0 Å². The molecular formula is C17H11BrN2O2. The van der Waals surface area contributed by atoms with Crippen LogP contribution >= 0.6 is 15.9 Å². The van der Waals surface area contributed by atoms with Crippen LogP contribution in [0.15, 0.2) is 65.4 Å². The Balaban J connectivity index is 1.93. The summed E-state index contributed by atoms with van der Waals surface area (Å²) in [6.45, 7) is 0. The molecule has 0 spiro atoms. The highest BCUT2D eigenvalue weighted by Gasteiger charge is 2.15. The van der Waals surface area contributed by atoms with Gasteiger partial charge >= 0.3 is 0 Å². The number of nitrogens with zero attached hydrogens (tertiary/aromatic N) is 2. The molecule has 1 N–H and O–H groups in total. The summed E-state index contributed by atoms with van der Waals surface area (Å²) < 4.78 is 0.718. The average Bonchev–Trinajstić information content (AvgIpc) is 2.57. The summed E-state index contributed by atoms with van der Waals surface area (Å²) >= 11 is 3.28. The predicted molar refractivity (Wildman–Crippen MR) is 86.7 cm³/mol. The first-order valence-electron chi connectivity index (χ1n) is 6.56. The van der Waals surface area contributed by atoms with E-state index in [2.05, 4.69) is 25.9 Å². The molecule has 2 aromatic carbocycles. The van der Waals surface area contributed by atoms with Crippen molar-refractivity contribution >= 4 is 21.7 Å². The SMILES string of the molecule is O=C(c1cnc(-c2ccccc2)nc1)c1cc(Br)ccc1O. The monoisotopic (exact) mass is 354 g/mol. The van der Waals surface area contributed by atoms with Crippen LogP contribution in [0.2, 0.25) is 0 Å². The number of aromatic nitrogens is 2. The van der Waals surface area contributed by atoms with Gasteiger partial charge < -0.3 is 5.11 Å². The second-order valence-electron chi connectivity index (χ2n) is 4.65. The number of rotatable bonds is 3. The minimum absolute atomic E-state index is 0.0691. The van der Waals surface area contributed by atoms with E-state index in [1.807, 2.05) is 30.3 Å². The molecule has 1 heterocycles. The van der Waals surface area contributed by atoms with E-state index < -0.39 is 0 Å². The van der Waals surface area contributed by atoms with E-state index in [-0.39, 0.29) is 17.1 Å². The molecule has 0 aliphatic rings. The number of phenols is 1. The molecular weight excluding hydrogens is 344 g/mol. The Hall–Kier alpha value is -2.53. The van der Waals surface area contributed by atoms with Gasteiger partial charge in [-0.05, 0) is 18.2 Å². The molecule has 0 bridgehead atoms. The van der Waals surface area contributed by atoms with Crippen molar-refractivity contribution in [2.24, 2.45) is 0 Å². The highest BCUT2D eigenvalue weighted by molar-refractivity contribution is 9.10. The molecule has 3 aromatic rings. The molecule has 5 heteroatoms. The number of ketones is 1. The lowest BCUT2D eigenvalue weighted by atomic mass is 10.1. The van der Waals surface area contributed by atoms with Gasteiger partial charge in [-0.2, -0.15) is 0 Å². The third-order valence-corrected chi connectivity index (χ3v) is 3.64. The predicted octanol–water partition coefficient (Wildman–Crippen LogP) is 3.84. The Kier molecular flexibility index (Phi) is 3.98. The number of aromatic hydroxyl groups is 1. The van der Waals surface area contributed by atoms with Crippen LogP contribution in [0.4, 0.5) is 0 Å². The van der Waals surface area contributed by atoms with Gasteiger partial charge in [0.1, 0.15) is 5.75 Å². The number of hydrogen-bond acceptors (Lipinski definition) is 4. The Bertz CT molecular complexity index is 818. The highest BCUT2D eigenvalue weighted by Crippen LogP contribution is 2.24. The van der Waals surface area contributed by atoms with Crippen molar-refractivity contribution in [1.29, 1.82) is 0 Å². The Morgan fingerprint density at radius 3 is 2.36 bits per heavy atom. The minimum atomic E-state index is -0.321. The number of carbonyl (C=O) groups is 1. The highest BCUT2D eigenvalue weighted by atomic mass is 79.9. The molecule has 0 aliphatic carbocycles. The molecule has 0 saturated heterocycles. The lowest BCUT2D eigenvalue weighted by molar-refractivity contribution is 0.103. The Morgan fingerprint density at radius 1 is 1.00 bits per heavy atom. The third-order valence-electron chi connectivity index (χ3n) is 3.15. The van der Waals surface area contributed by atoms with Crippen LogP contribution in [0.1, 0.15) is 15.9 Å². The van der Waals surface area contributed by atoms with Crippen molar-refractivity contribution in [3.05, 3.63) is 76.5 Å². The zero-order valence-corrected chi connectivity index (χ0v) is 13.0. The Labute approximate surface area is 135 Å². The molecule has 3 rings (SSSR count). The molecule has 0 amide bonds. The zero-order chi connectivity index (χ0) is 15.5. The first kappa shape index (κ1) is 14.4. The van der Waals surface area contributed by atoms with Gasteiger partial charge in [-0.1, -0.05) is 46.3 Å². The molecule has 108 valence electrons. The van der Waals surface area contributed by atoms with Crippen LogP contribution in [-0.4, -0.2) is 20.9 Å². The zero-order valence-electron chi connectivity index (χ0n) is 11.4. The maximum absolute atomic E-state index is 12.4. The fourth-order valence-corrected chi connectivity index (χ4v) is 2.39. The van der Waals surface area contributed by atoms with Gasteiger partial charge in [-0.15, -0.1) is 0 Å². The normalized spacial score (nSPS) is 10.4. The number of phenolic OH excluding ortho intramolecular Hbond substituents is 1. The van der Waals surface area contributed by atoms with Gasteiger partial charge in [0.2, 0.25) is 0 Å². The fourth-order valence-electron chi connectivity index (χ4n) is 2.03. The summed E-state index contributed by atoms with van der Waals surface area (Å²) in [6, 6.07) is 14.2. The summed E-state index contributed by atoms with van der Waals surface area (Å²) in [5.41, 5.74) is 1.42.